The van der Waals surface area contributed by atoms with E-state index < -0.39 is 18.2 Å². The van der Waals surface area contributed by atoms with Gasteiger partial charge in [0.05, 0.1) is 13.2 Å². The van der Waals surface area contributed by atoms with Crippen molar-refractivity contribution in [1.82, 2.24) is 0 Å². The number of carboxylic acids is 1. The molecule has 1 N–H and O–H groups in total. The van der Waals surface area contributed by atoms with Crippen LogP contribution in [0.5, 0.6) is 23.0 Å². The summed E-state index contributed by atoms with van der Waals surface area (Å²) in [5.41, 5.74) is 0.0228. The van der Waals surface area contributed by atoms with Gasteiger partial charge >= 0.3 is 5.97 Å². The van der Waals surface area contributed by atoms with Crippen molar-refractivity contribution in [3.63, 3.8) is 0 Å². The van der Waals surface area contributed by atoms with Gasteiger partial charge in [0.15, 0.2) is 23.0 Å². The van der Waals surface area contributed by atoms with Crippen molar-refractivity contribution >= 4 is 5.97 Å². The van der Waals surface area contributed by atoms with Crippen LogP contribution in [0.4, 0.5) is 0 Å². The van der Waals surface area contributed by atoms with Crippen LogP contribution in [0.1, 0.15) is 12.0 Å². The fraction of sp³-hybridized carbons (Fsp3) is 0.345. The van der Waals surface area contributed by atoms with Gasteiger partial charge in [-0.05, 0) is 42.7 Å². The first-order valence-corrected chi connectivity index (χ1v) is 12.3. The summed E-state index contributed by atoms with van der Waals surface area (Å²) in [4.78, 5) is 11.5. The van der Waals surface area contributed by atoms with E-state index >= 15 is 0 Å². The van der Waals surface area contributed by atoms with Crippen LogP contribution < -0.4 is 18.9 Å². The van der Waals surface area contributed by atoms with Gasteiger partial charge in [-0.3, -0.25) is 0 Å². The molecule has 196 valence electrons. The Labute approximate surface area is 216 Å². The molecule has 3 aromatic carbocycles. The molecule has 1 heterocycles. The Kier molecular flexibility index (Phi) is 9.62. The van der Waals surface area contributed by atoms with Crippen molar-refractivity contribution in [1.29, 1.82) is 0 Å². The summed E-state index contributed by atoms with van der Waals surface area (Å²) in [6, 6.07) is 24.6. The molecule has 1 aliphatic heterocycles. The molecule has 0 atom stereocenters. The number of benzene rings is 3. The van der Waals surface area contributed by atoms with Crippen LogP contribution in [0.15, 0.2) is 78.9 Å². The van der Waals surface area contributed by atoms with Crippen LogP contribution in [0.2, 0.25) is 0 Å². The Morgan fingerprint density at radius 1 is 0.703 bits per heavy atom. The Balaban J connectivity index is 1.64. The number of carboxylic acid groups (broad SMARTS) is 1. The zero-order chi connectivity index (χ0) is 25.8. The highest BCUT2D eigenvalue weighted by Gasteiger charge is 2.35. The summed E-state index contributed by atoms with van der Waals surface area (Å²) >= 11 is 0. The highest BCUT2D eigenvalue weighted by atomic mass is 16.6. The minimum Gasteiger partial charge on any atom is -0.487 e. The zero-order valence-electron chi connectivity index (χ0n) is 20.7. The molecular weight excluding hydrogens is 476 g/mol. The molecule has 0 unspecified atom stereocenters. The standard InChI is InChI=1S/C29H32O8/c30-28(31)20-37-29(15-14-23-8-2-1-3-9-23)21-35-26-12-6-4-10-24(26)33-18-16-32-17-19-34-25-11-5-7-13-27(25)36-22-29/h1-13H,14-22H2,(H,30,31). The van der Waals surface area contributed by atoms with Crippen molar-refractivity contribution in [3.05, 3.63) is 84.4 Å². The third kappa shape index (κ3) is 8.13. The highest BCUT2D eigenvalue weighted by Crippen LogP contribution is 2.32. The average molecular weight is 509 g/mol. The first-order valence-electron chi connectivity index (χ1n) is 12.3. The minimum atomic E-state index is -1.07. The second kappa shape index (κ2) is 13.5. The van der Waals surface area contributed by atoms with E-state index in [-0.39, 0.29) is 13.2 Å². The summed E-state index contributed by atoms with van der Waals surface area (Å²) in [5, 5.41) is 9.44. The van der Waals surface area contributed by atoms with Gasteiger partial charge < -0.3 is 33.5 Å². The molecule has 0 amide bonds. The average Bonchev–Trinajstić information content (AvgIpc) is 2.93. The quantitative estimate of drug-likeness (QED) is 0.524. The molecule has 0 aromatic heterocycles. The topological polar surface area (TPSA) is 92.7 Å². The van der Waals surface area contributed by atoms with Crippen molar-refractivity contribution in [2.24, 2.45) is 0 Å². The van der Waals surface area contributed by atoms with Crippen LogP contribution in [-0.4, -0.2) is 62.9 Å². The molecule has 0 aliphatic carbocycles. The molecule has 3 aromatic rings. The smallest absolute Gasteiger partial charge is 0.329 e. The largest absolute Gasteiger partial charge is 0.487 e. The molecule has 0 saturated carbocycles. The second-order valence-corrected chi connectivity index (χ2v) is 8.63. The number of hydrogen-bond donors (Lipinski definition) is 1. The molecule has 1 aliphatic rings. The van der Waals surface area contributed by atoms with Gasteiger partial charge in [-0.15, -0.1) is 0 Å². The maximum absolute atomic E-state index is 11.5. The fourth-order valence-electron chi connectivity index (χ4n) is 3.89. The molecular formula is C29H32O8. The van der Waals surface area contributed by atoms with Crippen LogP contribution in [0.25, 0.3) is 0 Å². The predicted molar refractivity (Wildman–Crippen MR) is 137 cm³/mol. The van der Waals surface area contributed by atoms with E-state index in [0.29, 0.717) is 62.3 Å². The number of rotatable bonds is 6. The molecule has 4 rings (SSSR count). The Morgan fingerprint density at radius 3 is 1.70 bits per heavy atom. The number of aryl methyl sites for hydroxylation is 1. The Morgan fingerprint density at radius 2 is 1.19 bits per heavy atom. The zero-order valence-corrected chi connectivity index (χ0v) is 20.7. The SMILES string of the molecule is O=C(O)COC1(CCc2ccccc2)COc2ccccc2OCCOCCOc2ccccc2OC1. The van der Waals surface area contributed by atoms with Gasteiger partial charge in [0, 0.05) is 0 Å². The summed E-state index contributed by atoms with van der Waals surface area (Å²) < 4.78 is 35.9. The molecule has 0 saturated heterocycles. The van der Waals surface area contributed by atoms with Gasteiger partial charge in [-0.1, -0.05) is 54.6 Å². The third-order valence-electron chi connectivity index (χ3n) is 5.86. The van der Waals surface area contributed by atoms with Crippen molar-refractivity contribution < 1.29 is 38.3 Å². The first-order chi connectivity index (χ1) is 18.1. The minimum absolute atomic E-state index is 0.0486. The van der Waals surface area contributed by atoms with E-state index in [1.807, 2.05) is 78.9 Å². The molecule has 0 bridgehead atoms. The Hall–Kier alpha value is -3.75. The van der Waals surface area contributed by atoms with Crippen molar-refractivity contribution in [2.75, 3.05) is 46.2 Å². The third-order valence-corrected chi connectivity index (χ3v) is 5.86. The number of carbonyl (C=O) groups is 1. The van der Waals surface area contributed by atoms with E-state index in [0.717, 1.165) is 5.56 Å². The predicted octanol–water partition coefficient (Wildman–Crippen LogP) is 4.41. The molecule has 37 heavy (non-hydrogen) atoms. The first kappa shape index (κ1) is 26.3. The van der Waals surface area contributed by atoms with E-state index in [1.165, 1.54) is 0 Å². The second-order valence-electron chi connectivity index (χ2n) is 8.63. The maximum Gasteiger partial charge on any atom is 0.329 e. The summed E-state index contributed by atoms with van der Waals surface area (Å²) in [5.74, 6) is 1.12. The molecule has 8 nitrogen and oxygen atoms in total. The number of para-hydroxylation sites is 4. The number of ether oxygens (including phenoxy) is 6. The lowest BCUT2D eigenvalue weighted by atomic mass is 9.95. The lowest BCUT2D eigenvalue weighted by molar-refractivity contribution is -0.156. The van der Waals surface area contributed by atoms with E-state index in [9.17, 15) is 9.90 Å². The molecule has 8 heteroatoms. The van der Waals surface area contributed by atoms with Crippen LogP contribution >= 0.6 is 0 Å². The maximum atomic E-state index is 11.5. The Bertz CT molecular complexity index is 1060. The fourth-order valence-corrected chi connectivity index (χ4v) is 3.89. The van der Waals surface area contributed by atoms with E-state index in [4.69, 9.17) is 28.4 Å². The van der Waals surface area contributed by atoms with Gasteiger partial charge in [-0.25, -0.2) is 4.79 Å². The molecule has 0 spiro atoms. The highest BCUT2D eigenvalue weighted by molar-refractivity contribution is 5.68. The number of hydrogen-bond acceptors (Lipinski definition) is 7. The lowest BCUT2D eigenvalue weighted by Gasteiger charge is -2.33. The normalized spacial score (nSPS) is 16.0. The van der Waals surface area contributed by atoms with E-state index in [2.05, 4.69) is 0 Å². The van der Waals surface area contributed by atoms with Gasteiger partial charge in [0.25, 0.3) is 0 Å². The van der Waals surface area contributed by atoms with Crippen molar-refractivity contribution in [3.8, 4) is 23.0 Å². The summed E-state index contributed by atoms with van der Waals surface area (Å²) in [6.07, 6.45) is 1.10. The molecule has 0 radical (unpaired) electrons. The van der Waals surface area contributed by atoms with Gasteiger partial charge in [0.1, 0.15) is 38.6 Å². The van der Waals surface area contributed by atoms with Crippen LogP contribution in [0.3, 0.4) is 0 Å². The van der Waals surface area contributed by atoms with Gasteiger partial charge in [0.2, 0.25) is 0 Å². The number of fused-ring (bicyclic) bond motifs is 2. The summed E-state index contributed by atoms with van der Waals surface area (Å²) in [6.45, 7) is 1.07. The van der Waals surface area contributed by atoms with Gasteiger partial charge in [-0.2, -0.15) is 0 Å². The number of aliphatic carboxylic acids is 1. The monoisotopic (exact) mass is 508 g/mol. The van der Waals surface area contributed by atoms with Crippen molar-refractivity contribution in [2.45, 2.75) is 18.4 Å². The van der Waals surface area contributed by atoms with Crippen LogP contribution in [0, 0.1) is 0 Å². The summed E-state index contributed by atoms with van der Waals surface area (Å²) in [7, 11) is 0. The van der Waals surface area contributed by atoms with E-state index in [1.54, 1.807) is 0 Å². The van der Waals surface area contributed by atoms with Crippen LogP contribution in [-0.2, 0) is 20.7 Å². The molecule has 0 fully saturated rings. The lowest BCUT2D eigenvalue weighted by Crippen LogP contribution is -2.46.